The van der Waals surface area contributed by atoms with Crippen LogP contribution < -0.4 is 5.73 Å². The van der Waals surface area contributed by atoms with Crippen molar-refractivity contribution in [2.24, 2.45) is 17.6 Å². The molecule has 2 aliphatic rings. The minimum Gasteiger partial charge on any atom is -0.381 e. The van der Waals surface area contributed by atoms with Crippen LogP contribution in [0.1, 0.15) is 64.2 Å². The van der Waals surface area contributed by atoms with Crippen LogP contribution >= 0.6 is 0 Å². The van der Waals surface area contributed by atoms with E-state index in [9.17, 15) is 0 Å². The van der Waals surface area contributed by atoms with E-state index in [-0.39, 0.29) is 0 Å². The van der Waals surface area contributed by atoms with E-state index in [1.807, 2.05) is 0 Å². The molecule has 0 heterocycles. The summed E-state index contributed by atoms with van der Waals surface area (Å²) in [7, 11) is 0. The van der Waals surface area contributed by atoms with Gasteiger partial charge in [0.05, 0.1) is 0 Å². The first kappa shape index (κ1) is 13.4. The monoisotopic (exact) mass is 239 g/mol. The van der Waals surface area contributed by atoms with Crippen LogP contribution in [0.3, 0.4) is 0 Å². The van der Waals surface area contributed by atoms with Crippen molar-refractivity contribution in [2.45, 2.75) is 70.3 Å². The average molecular weight is 239 g/mol. The molecule has 0 atom stereocenters. The molecule has 2 nitrogen and oxygen atoms in total. The van der Waals surface area contributed by atoms with Gasteiger partial charge in [0.15, 0.2) is 0 Å². The fourth-order valence-electron chi connectivity index (χ4n) is 3.33. The second kappa shape index (κ2) is 7.38. The molecule has 0 aromatic heterocycles. The lowest BCUT2D eigenvalue weighted by Gasteiger charge is -2.26. The normalized spacial score (nSPS) is 31.6. The van der Waals surface area contributed by atoms with Crippen LogP contribution in [0.5, 0.6) is 0 Å². The Morgan fingerprint density at radius 1 is 0.824 bits per heavy atom. The topological polar surface area (TPSA) is 35.2 Å². The number of nitrogens with two attached hydrogens (primary N) is 1. The molecule has 2 rings (SSSR count). The summed E-state index contributed by atoms with van der Waals surface area (Å²) in [4.78, 5) is 0. The van der Waals surface area contributed by atoms with Gasteiger partial charge in [0.1, 0.15) is 0 Å². The van der Waals surface area contributed by atoms with Crippen LogP contribution in [0.15, 0.2) is 0 Å². The number of hydrogen-bond acceptors (Lipinski definition) is 2. The zero-order valence-electron chi connectivity index (χ0n) is 11.2. The molecular weight excluding hydrogens is 210 g/mol. The summed E-state index contributed by atoms with van der Waals surface area (Å²) in [6.45, 7) is 1.98. The van der Waals surface area contributed by atoms with Crippen molar-refractivity contribution in [3.05, 3.63) is 0 Å². The first-order valence-corrected chi connectivity index (χ1v) is 7.68. The van der Waals surface area contributed by atoms with Crippen LogP contribution in [0, 0.1) is 11.8 Å². The van der Waals surface area contributed by atoms with Crippen molar-refractivity contribution < 1.29 is 4.74 Å². The summed E-state index contributed by atoms with van der Waals surface area (Å²) < 4.78 is 5.87. The number of rotatable bonds is 5. The molecule has 2 heteroatoms. The van der Waals surface area contributed by atoms with E-state index in [1.165, 1.54) is 64.2 Å². The van der Waals surface area contributed by atoms with Crippen molar-refractivity contribution in [3.63, 3.8) is 0 Å². The van der Waals surface area contributed by atoms with Crippen molar-refractivity contribution in [3.8, 4) is 0 Å². The van der Waals surface area contributed by atoms with Crippen molar-refractivity contribution in [1.29, 1.82) is 0 Å². The summed E-state index contributed by atoms with van der Waals surface area (Å²) >= 11 is 0. The minimum atomic E-state index is 0.466. The largest absolute Gasteiger partial charge is 0.381 e. The van der Waals surface area contributed by atoms with Gasteiger partial charge in [-0.2, -0.15) is 0 Å². The Morgan fingerprint density at radius 3 is 2.24 bits per heavy atom. The molecule has 2 N–H and O–H groups in total. The molecular formula is C15H29NO. The summed E-state index contributed by atoms with van der Waals surface area (Å²) in [5, 5.41) is 0. The van der Waals surface area contributed by atoms with Gasteiger partial charge in [-0.25, -0.2) is 0 Å². The molecule has 2 saturated carbocycles. The molecule has 2 aliphatic carbocycles. The third-order valence-corrected chi connectivity index (χ3v) is 4.64. The van der Waals surface area contributed by atoms with E-state index in [2.05, 4.69) is 0 Å². The molecule has 2 fully saturated rings. The fourth-order valence-corrected chi connectivity index (χ4v) is 3.33. The summed E-state index contributed by atoms with van der Waals surface area (Å²) in [5.41, 5.74) is 5.91. The Hall–Kier alpha value is -0.0800. The zero-order valence-corrected chi connectivity index (χ0v) is 11.2. The van der Waals surface area contributed by atoms with Crippen molar-refractivity contribution in [1.82, 2.24) is 0 Å². The van der Waals surface area contributed by atoms with Gasteiger partial charge in [0, 0.05) is 19.3 Å². The van der Waals surface area contributed by atoms with E-state index in [4.69, 9.17) is 10.5 Å². The molecule has 0 spiro atoms. The third kappa shape index (κ3) is 4.97. The lowest BCUT2D eigenvalue weighted by Crippen LogP contribution is -2.28. The molecule has 0 aromatic rings. The van der Waals surface area contributed by atoms with Crippen molar-refractivity contribution in [2.75, 3.05) is 13.2 Å². The second-order valence-corrected chi connectivity index (χ2v) is 6.15. The molecule has 17 heavy (non-hydrogen) atoms. The maximum Gasteiger partial charge on any atom is 0.0494 e. The highest BCUT2D eigenvalue weighted by atomic mass is 16.5. The van der Waals surface area contributed by atoms with Gasteiger partial charge in [0.25, 0.3) is 0 Å². The Labute approximate surface area is 106 Å². The number of ether oxygens (including phenoxy) is 1. The Bertz CT molecular complexity index is 193. The van der Waals surface area contributed by atoms with Crippen LogP contribution in [0.25, 0.3) is 0 Å². The quantitative estimate of drug-likeness (QED) is 0.745. The van der Waals surface area contributed by atoms with Gasteiger partial charge in [-0.1, -0.05) is 32.1 Å². The smallest absolute Gasteiger partial charge is 0.0494 e. The molecule has 0 bridgehead atoms. The van der Waals surface area contributed by atoms with Crippen LogP contribution in [-0.4, -0.2) is 19.3 Å². The minimum absolute atomic E-state index is 0.466. The maximum atomic E-state index is 5.91. The van der Waals surface area contributed by atoms with E-state index >= 15 is 0 Å². The molecule has 100 valence electrons. The summed E-state index contributed by atoms with van der Waals surface area (Å²) in [6.07, 6.45) is 13.5. The van der Waals surface area contributed by atoms with Gasteiger partial charge in [-0.3, -0.25) is 0 Å². The zero-order chi connectivity index (χ0) is 11.9. The van der Waals surface area contributed by atoms with Crippen LogP contribution in [0.2, 0.25) is 0 Å². The Kier molecular flexibility index (Phi) is 5.79. The first-order valence-electron chi connectivity index (χ1n) is 7.68. The van der Waals surface area contributed by atoms with E-state index in [1.54, 1.807) is 0 Å². The predicted octanol–water partition coefficient (Wildman–Crippen LogP) is 3.49. The standard InChI is InChI=1S/C15H29NO/c16-15-8-6-14(7-9-15)12-17-11-10-13-4-2-1-3-5-13/h13-15H,1-12,16H2. The summed E-state index contributed by atoms with van der Waals surface area (Å²) in [5.74, 6) is 1.75. The maximum absolute atomic E-state index is 5.91. The SMILES string of the molecule is NC1CCC(COCCC2CCCCC2)CC1. The lowest BCUT2D eigenvalue weighted by atomic mass is 9.86. The second-order valence-electron chi connectivity index (χ2n) is 6.15. The predicted molar refractivity (Wildman–Crippen MR) is 71.9 cm³/mol. The fraction of sp³-hybridized carbons (Fsp3) is 1.00. The van der Waals surface area contributed by atoms with Crippen molar-refractivity contribution >= 4 is 0 Å². The molecule has 0 aliphatic heterocycles. The highest BCUT2D eigenvalue weighted by Gasteiger charge is 2.19. The molecule has 0 radical (unpaired) electrons. The lowest BCUT2D eigenvalue weighted by molar-refractivity contribution is 0.0705. The van der Waals surface area contributed by atoms with E-state index in [0.717, 1.165) is 25.0 Å². The Morgan fingerprint density at radius 2 is 1.53 bits per heavy atom. The van der Waals surface area contributed by atoms with Gasteiger partial charge >= 0.3 is 0 Å². The highest BCUT2D eigenvalue weighted by Crippen LogP contribution is 2.27. The van der Waals surface area contributed by atoms with E-state index in [0.29, 0.717) is 6.04 Å². The van der Waals surface area contributed by atoms with Gasteiger partial charge in [0.2, 0.25) is 0 Å². The van der Waals surface area contributed by atoms with Gasteiger partial charge in [-0.15, -0.1) is 0 Å². The molecule has 0 amide bonds. The van der Waals surface area contributed by atoms with E-state index < -0.39 is 0 Å². The molecule has 0 unspecified atom stereocenters. The van der Waals surface area contributed by atoms with Crippen LogP contribution in [-0.2, 0) is 4.74 Å². The van der Waals surface area contributed by atoms with Crippen LogP contribution in [0.4, 0.5) is 0 Å². The summed E-state index contributed by atoms with van der Waals surface area (Å²) in [6, 6.07) is 0.466. The van der Waals surface area contributed by atoms with Gasteiger partial charge in [-0.05, 0) is 43.9 Å². The average Bonchev–Trinajstić information content (AvgIpc) is 2.38. The van der Waals surface area contributed by atoms with Gasteiger partial charge < -0.3 is 10.5 Å². The molecule has 0 aromatic carbocycles. The highest BCUT2D eigenvalue weighted by molar-refractivity contribution is 4.74. The molecule has 0 saturated heterocycles. The third-order valence-electron chi connectivity index (χ3n) is 4.64. The number of hydrogen-bond donors (Lipinski definition) is 1. The Balaban J connectivity index is 1.48. The first-order chi connectivity index (χ1) is 8.34.